The second-order valence-corrected chi connectivity index (χ2v) is 8.93. The Hall–Kier alpha value is -2.46. The van der Waals surface area contributed by atoms with Crippen LogP contribution in [0.1, 0.15) is 36.0 Å². The molecule has 0 atom stereocenters. The summed E-state index contributed by atoms with van der Waals surface area (Å²) in [6.07, 6.45) is 3.62. The number of carbonyl (C=O) groups is 3. The Kier molecular flexibility index (Phi) is 8.15. The molecular formula is C19H27N3O6S. The van der Waals surface area contributed by atoms with Gasteiger partial charge in [-0.05, 0) is 31.0 Å². The molecule has 1 saturated heterocycles. The molecule has 2 amide bonds. The highest BCUT2D eigenvalue weighted by Gasteiger charge is 2.26. The first kappa shape index (κ1) is 22.8. The summed E-state index contributed by atoms with van der Waals surface area (Å²) in [4.78, 5) is 36.7. The molecule has 0 spiro atoms. The minimum absolute atomic E-state index is 0.0230. The number of hydrogen-bond acceptors (Lipinski definition) is 6. The molecule has 160 valence electrons. The van der Waals surface area contributed by atoms with E-state index in [2.05, 4.69) is 5.32 Å². The number of nitrogens with zero attached hydrogens (tertiary/aromatic N) is 2. The SMILES string of the molecule is CN(C)C(=O)CNC(=O)COC(=O)c1cccc(S(=O)(=O)N2CCCCCC2)c1. The highest BCUT2D eigenvalue weighted by molar-refractivity contribution is 7.89. The molecule has 1 N–H and O–H groups in total. The summed E-state index contributed by atoms with van der Waals surface area (Å²) in [5, 5.41) is 2.35. The molecule has 10 heteroatoms. The molecule has 1 heterocycles. The van der Waals surface area contributed by atoms with Crippen molar-refractivity contribution in [1.82, 2.24) is 14.5 Å². The van der Waals surface area contributed by atoms with Gasteiger partial charge < -0.3 is 15.0 Å². The van der Waals surface area contributed by atoms with Crippen molar-refractivity contribution in [3.63, 3.8) is 0 Å². The Balaban J connectivity index is 1.98. The zero-order valence-electron chi connectivity index (χ0n) is 16.7. The van der Waals surface area contributed by atoms with Crippen LogP contribution >= 0.6 is 0 Å². The van der Waals surface area contributed by atoms with Crippen LogP contribution in [-0.2, 0) is 24.3 Å². The van der Waals surface area contributed by atoms with Crippen molar-refractivity contribution < 1.29 is 27.5 Å². The van der Waals surface area contributed by atoms with Gasteiger partial charge in [-0.2, -0.15) is 4.31 Å². The topological polar surface area (TPSA) is 113 Å². The quantitative estimate of drug-likeness (QED) is 0.641. The van der Waals surface area contributed by atoms with Crippen LogP contribution in [0.5, 0.6) is 0 Å². The fourth-order valence-electron chi connectivity index (χ4n) is 2.81. The van der Waals surface area contributed by atoms with Crippen molar-refractivity contribution in [3.8, 4) is 0 Å². The lowest BCUT2D eigenvalue weighted by Crippen LogP contribution is -2.38. The zero-order valence-corrected chi connectivity index (χ0v) is 17.5. The van der Waals surface area contributed by atoms with E-state index in [1.807, 2.05) is 0 Å². The van der Waals surface area contributed by atoms with E-state index >= 15 is 0 Å². The van der Waals surface area contributed by atoms with E-state index in [-0.39, 0.29) is 22.9 Å². The lowest BCUT2D eigenvalue weighted by Gasteiger charge is -2.20. The summed E-state index contributed by atoms with van der Waals surface area (Å²) >= 11 is 0. The zero-order chi connectivity index (χ0) is 21.4. The Bertz CT molecular complexity index is 845. The van der Waals surface area contributed by atoms with Crippen LogP contribution in [0.25, 0.3) is 0 Å². The third-order valence-corrected chi connectivity index (χ3v) is 6.44. The highest BCUT2D eigenvalue weighted by Crippen LogP contribution is 2.21. The third-order valence-electron chi connectivity index (χ3n) is 4.54. The van der Waals surface area contributed by atoms with Gasteiger partial charge in [0.2, 0.25) is 15.9 Å². The van der Waals surface area contributed by atoms with Gasteiger partial charge in [-0.3, -0.25) is 9.59 Å². The van der Waals surface area contributed by atoms with Crippen molar-refractivity contribution >= 4 is 27.8 Å². The molecule has 0 radical (unpaired) electrons. The third kappa shape index (κ3) is 6.53. The molecule has 0 unspecified atom stereocenters. The molecule has 9 nitrogen and oxygen atoms in total. The van der Waals surface area contributed by atoms with Crippen molar-refractivity contribution in [1.29, 1.82) is 0 Å². The maximum absolute atomic E-state index is 12.9. The molecule has 0 aliphatic carbocycles. The van der Waals surface area contributed by atoms with E-state index in [0.717, 1.165) is 25.7 Å². The summed E-state index contributed by atoms with van der Waals surface area (Å²) in [6, 6.07) is 5.60. The minimum Gasteiger partial charge on any atom is -0.452 e. The predicted molar refractivity (Wildman–Crippen MR) is 106 cm³/mol. The molecule has 2 rings (SSSR count). The van der Waals surface area contributed by atoms with Gasteiger partial charge in [-0.1, -0.05) is 18.9 Å². The average Bonchev–Trinajstić information content (AvgIpc) is 3.00. The van der Waals surface area contributed by atoms with E-state index < -0.39 is 28.5 Å². The van der Waals surface area contributed by atoms with Gasteiger partial charge >= 0.3 is 5.97 Å². The monoisotopic (exact) mass is 425 g/mol. The highest BCUT2D eigenvalue weighted by atomic mass is 32.2. The molecular weight excluding hydrogens is 398 g/mol. The van der Waals surface area contributed by atoms with Crippen LogP contribution in [0.4, 0.5) is 0 Å². The summed E-state index contributed by atoms with van der Waals surface area (Å²) in [6.45, 7) is 0.154. The number of amides is 2. The first-order valence-corrected chi connectivity index (χ1v) is 10.9. The number of esters is 1. The van der Waals surface area contributed by atoms with E-state index in [1.54, 1.807) is 14.1 Å². The van der Waals surface area contributed by atoms with Gasteiger partial charge in [0.05, 0.1) is 17.0 Å². The van der Waals surface area contributed by atoms with Gasteiger partial charge in [0.25, 0.3) is 5.91 Å². The second-order valence-electron chi connectivity index (χ2n) is 6.99. The lowest BCUT2D eigenvalue weighted by molar-refractivity contribution is -0.131. The predicted octanol–water partition coefficient (Wildman–Crippen LogP) is 0.613. The molecule has 29 heavy (non-hydrogen) atoms. The van der Waals surface area contributed by atoms with Crippen molar-refractivity contribution in [2.24, 2.45) is 0 Å². The standard InChI is InChI=1S/C19H27N3O6S/c1-21(2)18(24)13-20-17(23)14-28-19(25)15-8-7-9-16(12-15)29(26,27)22-10-5-3-4-6-11-22/h7-9,12H,3-6,10-11,13-14H2,1-2H3,(H,20,23). The molecule has 1 aromatic rings. The molecule has 1 aliphatic rings. The first-order valence-electron chi connectivity index (χ1n) is 9.46. The van der Waals surface area contributed by atoms with Crippen LogP contribution in [0.3, 0.4) is 0 Å². The van der Waals surface area contributed by atoms with Crippen molar-refractivity contribution in [2.45, 2.75) is 30.6 Å². The van der Waals surface area contributed by atoms with Crippen LogP contribution < -0.4 is 5.32 Å². The van der Waals surface area contributed by atoms with E-state index in [4.69, 9.17) is 4.74 Å². The number of likely N-dealkylation sites (N-methyl/N-ethyl adjacent to an activating group) is 1. The normalized spacial score (nSPS) is 15.2. The molecule has 0 saturated carbocycles. The van der Waals surface area contributed by atoms with Crippen LogP contribution in [0, 0.1) is 0 Å². The smallest absolute Gasteiger partial charge is 0.338 e. The minimum atomic E-state index is -3.69. The van der Waals surface area contributed by atoms with Gasteiger partial charge in [0, 0.05) is 27.2 Å². The van der Waals surface area contributed by atoms with Crippen LogP contribution in [0.2, 0.25) is 0 Å². The van der Waals surface area contributed by atoms with Crippen molar-refractivity contribution in [2.75, 3.05) is 40.3 Å². The van der Waals surface area contributed by atoms with E-state index in [0.29, 0.717) is 13.1 Å². The number of carbonyl (C=O) groups excluding carboxylic acids is 3. The maximum atomic E-state index is 12.9. The molecule has 0 bridgehead atoms. The Morgan fingerprint density at radius 2 is 1.76 bits per heavy atom. The molecule has 0 aromatic heterocycles. The summed E-state index contributed by atoms with van der Waals surface area (Å²) in [7, 11) is -0.581. The Morgan fingerprint density at radius 3 is 2.38 bits per heavy atom. The second kappa shape index (κ2) is 10.4. The van der Waals surface area contributed by atoms with Gasteiger partial charge in [-0.15, -0.1) is 0 Å². The fraction of sp³-hybridized carbons (Fsp3) is 0.526. The number of sulfonamides is 1. The number of rotatable bonds is 7. The van der Waals surface area contributed by atoms with Crippen LogP contribution in [-0.4, -0.2) is 75.7 Å². The van der Waals surface area contributed by atoms with E-state index in [9.17, 15) is 22.8 Å². The summed E-state index contributed by atoms with van der Waals surface area (Å²) < 4.78 is 32.1. The maximum Gasteiger partial charge on any atom is 0.338 e. The number of hydrogen-bond donors (Lipinski definition) is 1. The number of ether oxygens (including phenoxy) is 1. The average molecular weight is 426 g/mol. The summed E-state index contributed by atoms with van der Waals surface area (Å²) in [5.74, 6) is -1.73. The molecule has 1 aliphatic heterocycles. The lowest BCUT2D eigenvalue weighted by atomic mass is 10.2. The first-order chi connectivity index (χ1) is 13.7. The largest absolute Gasteiger partial charge is 0.452 e. The molecule has 1 aromatic carbocycles. The van der Waals surface area contributed by atoms with Gasteiger partial charge in [0.15, 0.2) is 6.61 Å². The Labute approximate surface area is 171 Å². The summed E-state index contributed by atoms with van der Waals surface area (Å²) in [5.41, 5.74) is 0.0399. The Morgan fingerprint density at radius 1 is 1.10 bits per heavy atom. The molecule has 1 fully saturated rings. The van der Waals surface area contributed by atoms with Crippen molar-refractivity contribution in [3.05, 3.63) is 29.8 Å². The van der Waals surface area contributed by atoms with Crippen LogP contribution in [0.15, 0.2) is 29.2 Å². The number of benzene rings is 1. The van der Waals surface area contributed by atoms with Gasteiger partial charge in [0.1, 0.15) is 0 Å². The van der Waals surface area contributed by atoms with Gasteiger partial charge in [-0.25, -0.2) is 13.2 Å². The van der Waals surface area contributed by atoms with E-state index in [1.165, 1.54) is 33.5 Å². The number of nitrogens with one attached hydrogen (secondary N) is 1. The fourth-order valence-corrected chi connectivity index (χ4v) is 4.38.